The molecule has 0 unspecified atom stereocenters. The van der Waals surface area contributed by atoms with Gasteiger partial charge in [0.15, 0.2) is 5.76 Å². The molecular weight excluding hydrogens is 387 g/mol. The van der Waals surface area contributed by atoms with Gasteiger partial charge in [0.05, 0.1) is 28.3 Å². The molecule has 0 radical (unpaired) electrons. The van der Waals surface area contributed by atoms with Gasteiger partial charge in [0, 0.05) is 17.3 Å². The fourth-order valence-corrected chi connectivity index (χ4v) is 3.26. The first kappa shape index (κ1) is 17.9. The number of benzene rings is 2. The van der Waals surface area contributed by atoms with Crippen molar-refractivity contribution in [3.05, 3.63) is 64.3 Å². The Hall–Kier alpha value is -2.50. The van der Waals surface area contributed by atoms with Gasteiger partial charge in [0.25, 0.3) is 0 Å². The lowest BCUT2D eigenvalue weighted by Gasteiger charge is -2.12. The molecule has 0 atom stereocenters. The summed E-state index contributed by atoms with van der Waals surface area (Å²) >= 11 is 11.9. The summed E-state index contributed by atoms with van der Waals surface area (Å²) in [6.07, 6.45) is 1.43. The second-order valence-electron chi connectivity index (χ2n) is 6.47. The number of anilines is 1. The van der Waals surface area contributed by atoms with Gasteiger partial charge in [-0.25, -0.2) is 0 Å². The van der Waals surface area contributed by atoms with Crippen molar-refractivity contribution < 1.29 is 14.1 Å². The number of halogens is 2. The van der Waals surface area contributed by atoms with Gasteiger partial charge in [0.2, 0.25) is 5.91 Å². The van der Waals surface area contributed by atoms with E-state index in [9.17, 15) is 4.79 Å². The Morgan fingerprint density at radius 3 is 2.67 bits per heavy atom. The standard InChI is InChI=1S/C20H16Cl2N2O3/c1-26-14-4-2-3-12(9-14)17-11-18(24-27-17)20(7-8-20)19(25)23-13-5-6-15(21)16(22)10-13/h2-6,9-11H,7-8H2,1H3,(H,23,25). The minimum Gasteiger partial charge on any atom is -0.497 e. The van der Waals surface area contributed by atoms with Crippen LogP contribution in [-0.2, 0) is 10.2 Å². The second kappa shape index (κ2) is 6.91. The molecule has 138 valence electrons. The van der Waals surface area contributed by atoms with E-state index in [1.54, 1.807) is 25.3 Å². The number of methoxy groups -OCH3 is 1. The minimum atomic E-state index is -0.674. The number of nitrogens with one attached hydrogen (secondary N) is 1. The summed E-state index contributed by atoms with van der Waals surface area (Å²) in [5, 5.41) is 7.88. The summed E-state index contributed by atoms with van der Waals surface area (Å²) in [7, 11) is 1.61. The highest BCUT2D eigenvalue weighted by Crippen LogP contribution is 2.49. The monoisotopic (exact) mass is 402 g/mol. The molecule has 1 saturated carbocycles. The third-order valence-electron chi connectivity index (χ3n) is 4.72. The number of nitrogens with zero attached hydrogens (tertiary/aromatic N) is 1. The van der Waals surface area contributed by atoms with Crippen LogP contribution in [0.25, 0.3) is 11.3 Å². The van der Waals surface area contributed by atoms with E-state index in [0.29, 0.717) is 40.0 Å². The molecule has 27 heavy (non-hydrogen) atoms. The van der Waals surface area contributed by atoms with Crippen LogP contribution < -0.4 is 10.1 Å². The van der Waals surface area contributed by atoms with E-state index in [2.05, 4.69) is 10.5 Å². The number of aromatic nitrogens is 1. The number of carbonyl (C=O) groups is 1. The molecule has 0 bridgehead atoms. The van der Waals surface area contributed by atoms with Gasteiger partial charge in [-0.1, -0.05) is 40.5 Å². The Kier molecular flexibility index (Phi) is 4.58. The molecule has 0 spiro atoms. The normalized spacial score (nSPS) is 14.6. The smallest absolute Gasteiger partial charge is 0.236 e. The second-order valence-corrected chi connectivity index (χ2v) is 7.29. The third-order valence-corrected chi connectivity index (χ3v) is 5.46. The lowest BCUT2D eigenvalue weighted by molar-refractivity contribution is -0.118. The van der Waals surface area contributed by atoms with Crippen LogP contribution in [0.5, 0.6) is 5.75 Å². The van der Waals surface area contributed by atoms with Gasteiger partial charge in [-0.05, 0) is 43.2 Å². The third kappa shape index (κ3) is 3.40. The molecule has 4 rings (SSSR count). The molecule has 1 heterocycles. The Labute approximate surface area is 166 Å². The van der Waals surface area contributed by atoms with E-state index in [4.69, 9.17) is 32.5 Å². The van der Waals surface area contributed by atoms with Crippen LogP contribution >= 0.6 is 23.2 Å². The van der Waals surface area contributed by atoms with Crippen LogP contribution in [0.15, 0.2) is 53.1 Å². The molecule has 1 aromatic heterocycles. The van der Waals surface area contributed by atoms with Gasteiger partial charge in [-0.3, -0.25) is 4.79 Å². The van der Waals surface area contributed by atoms with Crippen LogP contribution in [-0.4, -0.2) is 18.2 Å². The van der Waals surface area contributed by atoms with Gasteiger partial charge in [-0.2, -0.15) is 0 Å². The summed E-state index contributed by atoms with van der Waals surface area (Å²) in [6.45, 7) is 0. The molecular formula is C20H16Cl2N2O3. The number of hydrogen-bond acceptors (Lipinski definition) is 4. The summed E-state index contributed by atoms with van der Waals surface area (Å²) in [4.78, 5) is 12.9. The van der Waals surface area contributed by atoms with E-state index < -0.39 is 5.41 Å². The van der Waals surface area contributed by atoms with Crippen LogP contribution in [0, 0.1) is 0 Å². The maximum Gasteiger partial charge on any atom is 0.236 e. The molecule has 1 amide bonds. The fraction of sp³-hybridized carbons (Fsp3) is 0.200. The first-order valence-electron chi connectivity index (χ1n) is 8.40. The van der Waals surface area contributed by atoms with Crippen molar-refractivity contribution in [3.8, 4) is 17.1 Å². The van der Waals surface area contributed by atoms with Crippen LogP contribution in [0.1, 0.15) is 18.5 Å². The molecule has 0 saturated heterocycles. The van der Waals surface area contributed by atoms with Crippen LogP contribution in [0.4, 0.5) is 5.69 Å². The Morgan fingerprint density at radius 2 is 1.96 bits per heavy atom. The summed E-state index contributed by atoms with van der Waals surface area (Å²) in [6, 6.07) is 14.3. The molecule has 2 aromatic carbocycles. The van der Waals surface area contributed by atoms with Crippen molar-refractivity contribution in [2.75, 3.05) is 12.4 Å². The maximum atomic E-state index is 12.9. The number of rotatable bonds is 5. The fourth-order valence-electron chi connectivity index (χ4n) is 2.96. The van der Waals surface area contributed by atoms with Crippen molar-refractivity contribution in [2.24, 2.45) is 0 Å². The highest BCUT2D eigenvalue weighted by molar-refractivity contribution is 6.42. The SMILES string of the molecule is COc1cccc(-c2cc(C3(C(=O)Nc4ccc(Cl)c(Cl)c4)CC3)no2)c1. The predicted molar refractivity (Wildman–Crippen MR) is 104 cm³/mol. The van der Waals surface area contributed by atoms with E-state index in [-0.39, 0.29) is 5.91 Å². The van der Waals surface area contributed by atoms with E-state index in [1.165, 1.54) is 0 Å². The molecule has 1 aliphatic rings. The number of carbonyl (C=O) groups excluding carboxylic acids is 1. The Bertz CT molecular complexity index is 1010. The first-order valence-corrected chi connectivity index (χ1v) is 9.15. The van der Waals surface area contributed by atoms with Crippen LogP contribution in [0.3, 0.4) is 0 Å². The molecule has 7 heteroatoms. The van der Waals surface area contributed by atoms with E-state index >= 15 is 0 Å². The van der Waals surface area contributed by atoms with Crippen molar-refractivity contribution in [1.82, 2.24) is 5.16 Å². The highest BCUT2D eigenvalue weighted by atomic mass is 35.5. The molecule has 1 aliphatic carbocycles. The zero-order valence-electron chi connectivity index (χ0n) is 14.5. The van der Waals surface area contributed by atoms with Crippen molar-refractivity contribution in [1.29, 1.82) is 0 Å². The highest BCUT2D eigenvalue weighted by Gasteiger charge is 2.53. The summed E-state index contributed by atoms with van der Waals surface area (Å²) in [5.41, 5.74) is 1.39. The van der Waals surface area contributed by atoms with Crippen molar-refractivity contribution in [3.63, 3.8) is 0 Å². The van der Waals surface area contributed by atoms with Crippen LogP contribution in [0.2, 0.25) is 10.0 Å². The lowest BCUT2D eigenvalue weighted by atomic mass is 10.00. The number of amides is 1. The molecule has 1 N–H and O–H groups in total. The quantitative estimate of drug-likeness (QED) is 0.626. The number of ether oxygens (including phenoxy) is 1. The van der Waals surface area contributed by atoms with Gasteiger partial charge in [-0.15, -0.1) is 0 Å². The summed E-state index contributed by atoms with van der Waals surface area (Å²) in [5.74, 6) is 1.19. The van der Waals surface area contributed by atoms with E-state index in [0.717, 1.165) is 11.3 Å². The topological polar surface area (TPSA) is 64.4 Å². The van der Waals surface area contributed by atoms with Gasteiger partial charge < -0.3 is 14.6 Å². The average molecular weight is 403 g/mol. The zero-order valence-corrected chi connectivity index (χ0v) is 16.0. The minimum absolute atomic E-state index is 0.133. The van der Waals surface area contributed by atoms with Gasteiger partial charge in [0.1, 0.15) is 5.75 Å². The molecule has 3 aromatic rings. The number of hydrogen-bond donors (Lipinski definition) is 1. The van der Waals surface area contributed by atoms with E-state index in [1.807, 2.05) is 30.3 Å². The molecule has 1 fully saturated rings. The molecule has 5 nitrogen and oxygen atoms in total. The lowest BCUT2D eigenvalue weighted by Crippen LogP contribution is -2.28. The van der Waals surface area contributed by atoms with Crippen molar-refractivity contribution >= 4 is 34.8 Å². The predicted octanol–water partition coefficient (Wildman–Crippen LogP) is 5.33. The maximum absolute atomic E-state index is 12.9. The largest absolute Gasteiger partial charge is 0.497 e. The Balaban J connectivity index is 1.56. The average Bonchev–Trinajstić information content (AvgIpc) is 3.34. The summed E-state index contributed by atoms with van der Waals surface area (Å²) < 4.78 is 10.7. The van der Waals surface area contributed by atoms with Gasteiger partial charge >= 0.3 is 0 Å². The van der Waals surface area contributed by atoms with Crippen molar-refractivity contribution in [2.45, 2.75) is 18.3 Å². The molecule has 0 aliphatic heterocycles. The zero-order chi connectivity index (χ0) is 19.0. The Morgan fingerprint density at radius 1 is 1.15 bits per heavy atom. The first-order chi connectivity index (χ1) is 13.0.